The Bertz CT molecular complexity index is 601. The highest BCUT2D eigenvalue weighted by Gasteiger charge is 2.32. The maximum Gasteiger partial charge on any atom is 0.246 e. The van der Waals surface area contributed by atoms with Gasteiger partial charge < -0.3 is 5.32 Å². The Hall–Kier alpha value is -1.12. The van der Waals surface area contributed by atoms with Crippen LogP contribution in [0.1, 0.15) is 12.8 Å². The van der Waals surface area contributed by atoms with Gasteiger partial charge in [0.2, 0.25) is 10.0 Å². The zero-order chi connectivity index (χ0) is 14.9. The average molecular weight is 308 g/mol. The molecule has 112 valence electrons. The highest BCUT2D eigenvalue weighted by Crippen LogP contribution is 2.24. The summed E-state index contributed by atoms with van der Waals surface area (Å²) in [5, 5.41) is 3.04. The van der Waals surface area contributed by atoms with E-state index in [-0.39, 0.29) is 6.04 Å². The number of nitrogens with one attached hydrogen (secondary N) is 1. The first-order valence-corrected chi connectivity index (χ1v) is 7.62. The van der Waals surface area contributed by atoms with Crippen LogP contribution < -0.4 is 5.32 Å². The van der Waals surface area contributed by atoms with Gasteiger partial charge in [-0.15, -0.1) is 0 Å². The fraction of sp³-hybridized carbons (Fsp3) is 0.500. The summed E-state index contributed by atoms with van der Waals surface area (Å²) in [6.45, 7) is 1.24. The van der Waals surface area contributed by atoms with Gasteiger partial charge in [-0.05, 0) is 31.5 Å². The molecule has 1 heterocycles. The molecular weight excluding hydrogens is 293 g/mol. The Morgan fingerprint density at radius 1 is 1.25 bits per heavy atom. The molecule has 1 aromatic carbocycles. The molecule has 0 amide bonds. The maximum atomic E-state index is 13.6. The van der Waals surface area contributed by atoms with Crippen molar-refractivity contribution in [2.24, 2.45) is 0 Å². The molecule has 0 spiro atoms. The molecule has 4 nitrogen and oxygen atoms in total. The summed E-state index contributed by atoms with van der Waals surface area (Å²) >= 11 is 0. The highest BCUT2D eigenvalue weighted by atomic mass is 32.2. The fourth-order valence-electron chi connectivity index (χ4n) is 2.20. The second kappa shape index (κ2) is 5.71. The number of hydrogen-bond acceptors (Lipinski definition) is 3. The normalized spacial score (nSPS) is 20.4. The minimum absolute atomic E-state index is 0.332. The van der Waals surface area contributed by atoms with E-state index in [0.29, 0.717) is 19.0 Å². The van der Waals surface area contributed by atoms with Crippen LogP contribution in [0.4, 0.5) is 13.2 Å². The molecule has 1 aliphatic rings. The van der Waals surface area contributed by atoms with Crippen molar-refractivity contribution in [2.45, 2.75) is 23.8 Å². The summed E-state index contributed by atoms with van der Waals surface area (Å²) in [6, 6.07) is 1.02. The summed E-state index contributed by atoms with van der Waals surface area (Å²) in [7, 11) is -2.88. The quantitative estimate of drug-likeness (QED) is 0.861. The van der Waals surface area contributed by atoms with Crippen molar-refractivity contribution >= 4 is 10.0 Å². The van der Waals surface area contributed by atoms with Gasteiger partial charge in [-0.25, -0.2) is 21.6 Å². The van der Waals surface area contributed by atoms with Crippen LogP contribution in [0.3, 0.4) is 0 Å². The van der Waals surface area contributed by atoms with Gasteiger partial charge in [0.25, 0.3) is 0 Å². The van der Waals surface area contributed by atoms with E-state index in [2.05, 4.69) is 5.32 Å². The van der Waals surface area contributed by atoms with Gasteiger partial charge in [-0.2, -0.15) is 4.31 Å². The fourth-order valence-corrected chi connectivity index (χ4v) is 3.64. The third-order valence-corrected chi connectivity index (χ3v) is 5.37. The summed E-state index contributed by atoms with van der Waals surface area (Å²) in [4.78, 5) is -0.843. The molecule has 0 bridgehead atoms. The predicted molar refractivity (Wildman–Crippen MR) is 67.2 cm³/mol. The molecule has 0 aromatic heterocycles. The lowest BCUT2D eigenvalue weighted by Gasteiger charge is -2.31. The first-order chi connectivity index (χ1) is 9.35. The van der Waals surface area contributed by atoms with Crippen molar-refractivity contribution in [1.29, 1.82) is 0 Å². The van der Waals surface area contributed by atoms with Gasteiger partial charge in [0, 0.05) is 19.6 Å². The zero-order valence-electron chi connectivity index (χ0n) is 10.9. The molecule has 1 N–H and O–H groups in total. The number of piperidine rings is 1. The van der Waals surface area contributed by atoms with Crippen LogP contribution in [0.5, 0.6) is 0 Å². The molecule has 0 radical (unpaired) electrons. The standard InChI is InChI=1S/C12H15F3N2O2S/c1-17(8-3-2-6-16-7-8)20(18,19)10-5-4-9(13)11(14)12(10)15/h4-5,8,16H,2-3,6-7H2,1H3. The lowest BCUT2D eigenvalue weighted by Crippen LogP contribution is -2.46. The third-order valence-electron chi connectivity index (χ3n) is 3.44. The first-order valence-electron chi connectivity index (χ1n) is 6.18. The molecule has 1 fully saturated rings. The molecule has 1 saturated heterocycles. The molecule has 1 unspecified atom stereocenters. The average Bonchev–Trinajstić information content (AvgIpc) is 2.44. The smallest absolute Gasteiger partial charge is 0.246 e. The molecule has 8 heteroatoms. The molecule has 1 atom stereocenters. The molecule has 20 heavy (non-hydrogen) atoms. The summed E-state index contributed by atoms with van der Waals surface area (Å²) in [5.41, 5.74) is 0. The number of hydrogen-bond donors (Lipinski definition) is 1. The Balaban J connectivity index is 2.37. The second-order valence-corrected chi connectivity index (χ2v) is 6.66. The van der Waals surface area contributed by atoms with Gasteiger partial charge in [0.05, 0.1) is 0 Å². The van der Waals surface area contributed by atoms with Crippen LogP contribution in [-0.4, -0.2) is 38.9 Å². The molecule has 1 aliphatic heterocycles. The summed E-state index contributed by atoms with van der Waals surface area (Å²) in [5.74, 6) is -4.87. The number of benzene rings is 1. The van der Waals surface area contributed by atoms with Gasteiger partial charge in [0.15, 0.2) is 17.5 Å². The van der Waals surface area contributed by atoms with E-state index in [9.17, 15) is 21.6 Å². The van der Waals surface area contributed by atoms with Crippen LogP contribution in [0.2, 0.25) is 0 Å². The van der Waals surface area contributed by atoms with E-state index in [4.69, 9.17) is 0 Å². The van der Waals surface area contributed by atoms with Crippen LogP contribution in [-0.2, 0) is 10.0 Å². The van der Waals surface area contributed by atoms with Crippen molar-refractivity contribution < 1.29 is 21.6 Å². The van der Waals surface area contributed by atoms with Gasteiger partial charge in [-0.1, -0.05) is 0 Å². The largest absolute Gasteiger partial charge is 0.315 e. The summed E-state index contributed by atoms with van der Waals surface area (Å²) in [6.07, 6.45) is 1.43. The van der Waals surface area contributed by atoms with Crippen molar-refractivity contribution in [3.8, 4) is 0 Å². The van der Waals surface area contributed by atoms with E-state index in [0.717, 1.165) is 23.3 Å². The molecule has 0 saturated carbocycles. The SMILES string of the molecule is CN(C1CCCNC1)S(=O)(=O)c1ccc(F)c(F)c1F. The minimum atomic E-state index is -4.20. The molecule has 0 aliphatic carbocycles. The van der Waals surface area contributed by atoms with Crippen molar-refractivity contribution in [3.05, 3.63) is 29.6 Å². The Kier molecular flexibility index (Phi) is 4.36. The van der Waals surface area contributed by atoms with Gasteiger partial charge in [0.1, 0.15) is 4.90 Å². The first kappa shape index (κ1) is 15.3. The maximum absolute atomic E-state index is 13.6. The zero-order valence-corrected chi connectivity index (χ0v) is 11.7. The van der Waals surface area contributed by atoms with E-state index < -0.39 is 32.4 Å². The lowest BCUT2D eigenvalue weighted by molar-refractivity contribution is 0.298. The van der Waals surface area contributed by atoms with E-state index in [1.54, 1.807) is 0 Å². The Labute approximate surface area is 115 Å². The number of rotatable bonds is 3. The van der Waals surface area contributed by atoms with E-state index in [1.165, 1.54) is 7.05 Å². The van der Waals surface area contributed by atoms with Crippen LogP contribution in [0.15, 0.2) is 17.0 Å². The van der Waals surface area contributed by atoms with Gasteiger partial charge >= 0.3 is 0 Å². The third kappa shape index (κ3) is 2.68. The van der Waals surface area contributed by atoms with E-state index in [1.807, 2.05) is 0 Å². The molecule has 1 aromatic rings. The Morgan fingerprint density at radius 2 is 1.95 bits per heavy atom. The van der Waals surface area contributed by atoms with Crippen molar-refractivity contribution in [3.63, 3.8) is 0 Å². The van der Waals surface area contributed by atoms with Crippen LogP contribution >= 0.6 is 0 Å². The number of halogens is 3. The Morgan fingerprint density at radius 3 is 2.55 bits per heavy atom. The predicted octanol–water partition coefficient (Wildman–Crippen LogP) is 1.48. The van der Waals surface area contributed by atoms with E-state index >= 15 is 0 Å². The topological polar surface area (TPSA) is 49.4 Å². The lowest BCUT2D eigenvalue weighted by atomic mass is 10.1. The summed E-state index contributed by atoms with van der Waals surface area (Å²) < 4.78 is 65.3. The number of nitrogens with zero attached hydrogens (tertiary/aromatic N) is 1. The van der Waals surface area contributed by atoms with Gasteiger partial charge in [-0.3, -0.25) is 0 Å². The van der Waals surface area contributed by atoms with Crippen molar-refractivity contribution in [1.82, 2.24) is 9.62 Å². The minimum Gasteiger partial charge on any atom is -0.315 e. The van der Waals surface area contributed by atoms with Crippen LogP contribution in [0, 0.1) is 17.5 Å². The monoisotopic (exact) mass is 308 g/mol. The van der Waals surface area contributed by atoms with Crippen molar-refractivity contribution in [2.75, 3.05) is 20.1 Å². The number of likely N-dealkylation sites (N-methyl/N-ethyl adjacent to an activating group) is 1. The second-order valence-electron chi connectivity index (χ2n) is 4.69. The number of sulfonamides is 1. The molecule has 2 rings (SSSR count). The van der Waals surface area contributed by atoms with Crippen LogP contribution in [0.25, 0.3) is 0 Å². The molecular formula is C12H15F3N2O2S. The highest BCUT2D eigenvalue weighted by molar-refractivity contribution is 7.89.